The normalized spacial score (nSPS) is 11.4. The van der Waals surface area contributed by atoms with Gasteiger partial charge in [0.15, 0.2) is 0 Å². The first-order valence-corrected chi connectivity index (χ1v) is 9.12. The van der Waals surface area contributed by atoms with E-state index < -0.39 is 10.0 Å². The lowest BCUT2D eigenvalue weighted by Crippen LogP contribution is -2.14. The molecule has 2 aromatic carbocycles. The molecule has 0 unspecified atom stereocenters. The van der Waals surface area contributed by atoms with Gasteiger partial charge in [0.1, 0.15) is 4.90 Å². The van der Waals surface area contributed by atoms with E-state index in [4.69, 9.17) is 28.9 Å². The van der Waals surface area contributed by atoms with E-state index in [9.17, 15) is 8.42 Å². The van der Waals surface area contributed by atoms with Crippen LogP contribution in [0.5, 0.6) is 0 Å². The van der Waals surface area contributed by atoms with Crippen molar-refractivity contribution in [3.8, 4) is 0 Å². The van der Waals surface area contributed by atoms with E-state index in [-0.39, 0.29) is 16.5 Å². The van der Waals surface area contributed by atoms with Gasteiger partial charge in [-0.15, -0.1) is 0 Å². The van der Waals surface area contributed by atoms with Crippen molar-refractivity contribution in [3.63, 3.8) is 0 Å². The summed E-state index contributed by atoms with van der Waals surface area (Å²) in [6.45, 7) is 0.0601. The highest BCUT2D eigenvalue weighted by Gasteiger charge is 2.21. The van der Waals surface area contributed by atoms with Crippen molar-refractivity contribution in [3.05, 3.63) is 55.6 Å². The standard InChI is InChI=1S/C13H11Cl2IN2O2S/c14-11-5-6-12(13(15)10(11)7-17)21(19,20)18-9-3-1-8(16)2-4-9/h1-6,18H,7,17H2. The molecule has 3 N–H and O–H groups in total. The molecule has 0 amide bonds. The molecule has 0 aromatic heterocycles. The van der Waals surface area contributed by atoms with Crippen molar-refractivity contribution in [2.24, 2.45) is 5.73 Å². The molecule has 0 bridgehead atoms. The van der Waals surface area contributed by atoms with E-state index in [1.54, 1.807) is 24.3 Å². The van der Waals surface area contributed by atoms with Crippen molar-refractivity contribution in [2.75, 3.05) is 4.72 Å². The largest absolute Gasteiger partial charge is 0.326 e. The van der Waals surface area contributed by atoms with Gasteiger partial charge in [0.2, 0.25) is 0 Å². The van der Waals surface area contributed by atoms with Crippen molar-refractivity contribution in [1.29, 1.82) is 0 Å². The fourth-order valence-electron chi connectivity index (χ4n) is 1.70. The molecule has 0 radical (unpaired) electrons. The van der Waals surface area contributed by atoms with Crippen LogP contribution in [0, 0.1) is 3.57 Å². The van der Waals surface area contributed by atoms with Gasteiger partial charge in [-0.3, -0.25) is 4.72 Å². The van der Waals surface area contributed by atoms with Crippen molar-refractivity contribution in [1.82, 2.24) is 0 Å². The molecule has 4 nitrogen and oxygen atoms in total. The smallest absolute Gasteiger partial charge is 0.263 e. The number of sulfonamides is 1. The molecule has 2 rings (SSSR count). The Labute approximate surface area is 146 Å². The predicted molar refractivity (Wildman–Crippen MR) is 94.3 cm³/mol. The Hall–Kier alpha value is -0.540. The number of nitrogens with one attached hydrogen (secondary N) is 1. The van der Waals surface area contributed by atoms with Crippen molar-refractivity contribution < 1.29 is 8.42 Å². The molecule has 0 heterocycles. The Morgan fingerprint density at radius 2 is 1.71 bits per heavy atom. The van der Waals surface area contributed by atoms with Crippen LogP contribution in [0.15, 0.2) is 41.3 Å². The topological polar surface area (TPSA) is 72.2 Å². The third-order valence-electron chi connectivity index (χ3n) is 2.74. The maximum Gasteiger partial charge on any atom is 0.263 e. The third-order valence-corrected chi connectivity index (χ3v) is 5.78. The van der Waals surface area contributed by atoms with Gasteiger partial charge < -0.3 is 5.73 Å². The van der Waals surface area contributed by atoms with Crippen LogP contribution >= 0.6 is 45.8 Å². The molecular weight excluding hydrogens is 446 g/mol. The van der Waals surface area contributed by atoms with Crippen molar-refractivity contribution in [2.45, 2.75) is 11.4 Å². The minimum Gasteiger partial charge on any atom is -0.326 e. The number of anilines is 1. The Morgan fingerprint density at radius 3 is 2.29 bits per heavy atom. The summed E-state index contributed by atoms with van der Waals surface area (Å²) in [4.78, 5) is -0.0485. The zero-order chi connectivity index (χ0) is 15.6. The summed E-state index contributed by atoms with van der Waals surface area (Å²) in [6, 6.07) is 9.78. The van der Waals surface area contributed by atoms with Gasteiger partial charge in [-0.1, -0.05) is 23.2 Å². The zero-order valence-electron chi connectivity index (χ0n) is 10.6. The molecule has 0 saturated heterocycles. The van der Waals surface area contributed by atoms with Crippen LogP contribution < -0.4 is 10.5 Å². The molecule has 0 saturated carbocycles. The lowest BCUT2D eigenvalue weighted by atomic mass is 10.2. The van der Waals surface area contributed by atoms with E-state index in [2.05, 4.69) is 27.3 Å². The first kappa shape index (κ1) is 16.8. The second-order valence-corrected chi connectivity index (χ2v) is 7.84. The van der Waals surface area contributed by atoms with E-state index >= 15 is 0 Å². The van der Waals surface area contributed by atoms with Crippen LogP contribution in [0.2, 0.25) is 10.0 Å². The highest BCUT2D eigenvalue weighted by molar-refractivity contribution is 14.1. The number of rotatable bonds is 4. The van der Waals surface area contributed by atoms with Gasteiger partial charge in [-0.2, -0.15) is 0 Å². The van der Waals surface area contributed by atoms with Gasteiger partial charge in [-0.25, -0.2) is 8.42 Å². The Bertz CT molecular complexity index is 764. The number of hydrogen-bond donors (Lipinski definition) is 2. The van der Waals surface area contributed by atoms with Gasteiger partial charge in [-0.05, 0) is 59.0 Å². The van der Waals surface area contributed by atoms with Gasteiger partial charge in [0.25, 0.3) is 10.0 Å². The van der Waals surface area contributed by atoms with Crippen LogP contribution in [0.25, 0.3) is 0 Å². The fourth-order valence-corrected chi connectivity index (χ4v) is 4.05. The molecule has 21 heavy (non-hydrogen) atoms. The van der Waals surface area contributed by atoms with Crippen LogP contribution in [0.4, 0.5) is 5.69 Å². The van der Waals surface area contributed by atoms with Crippen LogP contribution in [0.1, 0.15) is 5.56 Å². The third kappa shape index (κ3) is 3.81. The zero-order valence-corrected chi connectivity index (χ0v) is 15.1. The summed E-state index contributed by atoms with van der Waals surface area (Å²) >= 11 is 14.2. The Kier molecular flexibility index (Phi) is 5.37. The minimum absolute atomic E-state index is 0.0445. The molecule has 2 aromatic rings. The van der Waals surface area contributed by atoms with Crippen LogP contribution in [0.3, 0.4) is 0 Å². The Balaban J connectivity index is 2.42. The summed E-state index contributed by atoms with van der Waals surface area (Å²) in [5, 5.41) is 0.388. The lowest BCUT2D eigenvalue weighted by Gasteiger charge is -2.12. The summed E-state index contributed by atoms with van der Waals surface area (Å²) in [5.41, 5.74) is 6.41. The summed E-state index contributed by atoms with van der Waals surface area (Å²) < 4.78 is 28.3. The summed E-state index contributed by atoms with van der Waals surface area (Å²) in [7, 11) is -3.80. The number of nitrogens with two attached hydrogens (primary N) is 1. The number of hydrogen-bond acceptors (Lipinski definition) is 3. The second kappa shape index (κ2) is 6.70. The monoisotopic (exact) mass is 456 g/mol. The summed E-state index contributed by atoms with van der Waals surface area (Å²) in [5.74, 6) is 0. The highest BCUT2D eigenvalue weighted by Crippen LogP contribution is 2.31. The molecule has 0 fully saturated rings. The molecule has 112 valence electrons. The van der Waals surface area contributed by atoms with Gasteiger partial charge in [0, 0.05) is 26.4 Å². The van der Waals surface area contributed by atoms with E-state index in [0.29, 0.717) is 16.3 Å². The SMILES string of the molecule is NCc1c(Cl)ccc(S(=O)(=O)Nc2ccc(I)cc2)c1Cl. The Morgan fingerprint density at radius 1 is 1.10 bits per heavy atom. The van der Waals surface area contributed by atoms with E-state index in [1.807, 2.05) is 0 Å². The minimum atomic E-state index is -3.80. The maximum atomic E-state index is 12.4. The van der Waals surface area contributed by atoms with Gasteiger partial charge in [0.05, 0.1) is 5.02 Å². The summed E-state index contributed by atoms with van der Waals surface area (Å²) in [6.07, 6.45) is 0. The first-order valence-electron chi connectivity index (χ1n) is 5.80. The maximum absolute atomic E-state index is 12.4. The molecular formula is C13H11Cl2IN2O2S. The molecule has 0 spiro atoms. The second-order valence-electron chi connectivity index (χ2n) is 4.15. The molecule has 0 aliphatic carbocycles. The van der Waals surface area contributed by atoms with E-state index in [1.165, 1.54) is 12.1 Å². The van der Waals surface area contributed by atoms with Crippen molar-refractivity contribution >= 4 is 61.5 Å². The molecule has 0 atom stereocenters. The average Bonchev–Trinajstić information content (AvgIpc) is 2.41. The lowest BCUT2D eigenvalue weighted by molar-refractivity contribution is 0.601. The number of benzene rings is 2. The van der Waals surface area contributed by atoms with E-state index in [0.717, 1.165) is 3.57 Å². The van der Waals surface area contributed by atoms with Crippen LogP contribution in [-0.4, -0.2) is 8.42 Å². The quantitative estimate of drug-likeness (QED) is 0.686. The molecule has 0 aliphatic rings. The fraction of sp³-hybridized carbons (Fsp3) is 0.0769. The van der Waals surface area contributed by atoms with Gasteiger partial charge >= 0.3 is 0 Å². The molecule has 8 heteroatoms. The highest BCUT2D eigenvalue weighted by atomic mass is 127. The predicted octanol–water partition coefficient (Wildman–Crippen LogP) is 3.86. The molecule has 0 aliphatic heterocycles. The first-order chi connectivity index (χ1) is 9.85. The average molecular weight is 457 g/mol. The van der Waals surface area contributed by atoms with Crippen LogP contribution in [-0.2, 0) is 16.6 Å². The number of halogens is 3.